The van der Waals surface area contributed by atoms with Crippen LogP contribution in [0.25, 0.3) is 0 Å². The first-order chi connectivity index (χ1) is 12.8. The second-order valence-electron chi connectivity index (χ2n) is 7.62. The highest BCUT2D eigenvalue weighted by atomic mass is 16.5. The Morgan fingerprint density at radius 3 is 2.56 bits per heavy atom. The number of rotatable bonds is 5. The van der Waals surface area contributed by atoms with Crippen molar-refractivity contribution >= 4 is 11.7 Å². The van der Waals surface area contributed by atoms with E-state index in [9.17, 15) is 9.59 Å². The Bertz CT molecular complexity index is 901. The van der Waals surface area contributed by atoms with Crippen LogP contribution in [0, 0.1) is 20.8 Å². The summed E-state index contributed by atoms with van der Waals surface area (Å²) in [6.45, 7) is 10.0. The van der Waals surface area contributed by atoms with E-state index in [1.807, 2.05) is 26.0 Å². The molecule has 2 aromatic rings. The third-order valence-electron chi connectivity index (χ3n) is 5.46. The van der Waals surface area contributed by atoms with Crippen LogP contribution in [0.3, 0.4) is 0 Å². The zero-order chi connectivity index (χ0) is 19.7. The average Bonchev–Trinajstić information content (AvgIpc) is 2.92. The van der Waals surface area contributed by atoms with Crippen molar-refractivity contribution in [1.82, 2.24) is 5.32 Å². The minimum Gasteiger partial charge on any atom is -0.483 e. The molecule has 1 aliphatic carbocycles. The maximum absolute atomic E-state index is 12.3. The van der Waals surface area contributed by atoms with Crippen molar-refractivity contribution in [3.05, 3.63) is 63.7 Å². The fourth-order valence-electron chi connectivity index (χ4n) is 3.77. The third kappa shape index (κ3) is 3.90. The maximum atomic E-state index is 12.3. The minimum absolute atomic E-state index is 0.0973. The van der Waals surface area contributed by atoms with Crippen molar-refractivity contribution in [1.29, 1.82) is 0 Å². The van der Waals surface area contributed by atoms with Gasteiger partial charge in [-0.25, -0.2) is 0 Å². The number of carbonyl (C=O) groups excluding carboxylic acids is 2. The molecule has 0 saturated heterocycles. The molecule has 2 atom stereocenters. The first kappa shape index (κ1) is 19.2. The molecule has 0 fully saturated rings. The number of Topliss-reactive ketones (excluding diaryl/α,β-unsaturated/α-hetero) is 1. The third-order valence-corrected chi connectivity index (χ3v) is 5.46. The van der Waals surface area contributed by atoms with Gasteiger partial charge in [0.05, 0.1) is 11.6 Å². The molecule has 0 saturated carbocycles. The summed E-state index contributed by atoms with van der Waals surface area (Å²) in [6.07, 6.45) is 0.507. The van der Waals surface area contributed by atoms with Gasteiger partial charge in [0, 0.05) is 6.42 Å². The molecule has 0 unspecified atom stereocenters. The number of benzene rings is 2. The van der Waals surface area contributed by atoms with Crippen molar-refractivity contribution in [2.75, 3.05) is 6.61 Å². The Hall–Kier alpha value is -2.62. The van der Waals surface area contributed by atoms with Crippen LogP contribution < -0.4 is 10.1 Å². The van der Waals surface area contributed by atoms with Crippen molar-refractivity contribution in [2.24, 2.45) is 0 Å². The summed E-state index contributed by atoms with van der Waals surface area (Å²) in [7, 11) is 0. The standard InChI is InChI=1S/C23H27NO3/c1-13-6-8-18(10-15(13)3)17(5)24-21(26)12-27-20-9-7-14(2)22-16(4)11-19(25)23(20)22/h6-10,16-17H,11-12H2,1-5H3,(H,24,26)/t16-,17-/m0/s1. The molecule has 0 heterocycles. The minimum atomic E-state index is -0.200. The largest absolute Gasteiger partial charge is 0.483 e. The Morgan fingerprint density at radius 2 is 1.85 bits per heavy atom. The summed E-state index contributed by atoms with van der Waals surface area (Å²) >= 11 is 0. The van der Waals surface area contributed by atoms with Gasteiger partial charge in [0.1, 0.15) is 5.75 Å². The van der Waals surface area contributed by atoms with Crippen molar-refractivity contribution < 1.29 is 14.3 Å². The molecule has 3 rings (SSSR count). The van der Waals surface area contributed by atoms with Crippen LogP contribution in [0.1, 0.15) is 70.4 Å². The fraction of sp³-hybridized carbons (Fsp3) is 0.391. The first-order valence-corrected chi connectivity index (χ1v) is 9.44. The molecule has 0 bridgehead atoms. The number of carbonyl (C=O) groups is 2. The number of fused-ring (bicyclic) bond motifs is 1. The van der Waals surface area contributed by atoms with Gasteiger partial charge < -0.3 is 10.1 Å². The van der Waals surface area contributed by atoms with Gasteiger partial charge >= 0.3 is 0 Å². The second-order valence-corrected chi connectivity index (χ2v) is 7.62. The Labute approximate surface area is 160 Å². The topological polar surface area (TPSA) is 55.4 Å². The molecular weight excluding hydrogens is 338 g/mol. The van der Waals surface area contributed by atoms with Gasteiger partial charge in [0.25, 0.3) is 5.91 Å². The lowest BCUT2D eigenvalue weighted by molar-refractivity contribution is -0.123. The smallest absolute Gasteiger partial charge is 0.258 e. The number of ketones is 1. The van der Waals surface area contributed by atoms with Gasteiger partial charge in [-0.1, -0.05) is 31.2 Å². The van der Waals surface area contributed by atoms with Crippen molar-refractivity contribution in [3.8, 4) is 5.75 Å². The summed E-state index contributed by atoms with van der Waals surface area (Å²) < 4.78 is 5.73. The van der Waals surface area contributed by atoms with Crippen LogP contribution in [0.4, 0.5) is 0 Å². The lowest BCUT2D eigenvalue weighted by atomic mass is 9.97. The van der Waals surface area contributed by atoms with Crippen LogP contribution >= 0.6 is 0 Å². The normalized spacial score (nSPS) is 16.8. The number of aryl methyl sites for hydroxylation is 3. The maximum Gasteiger partial charge on any atom is 0.258 e. The number of nitrogens with one attached hydrogen (secondary N) is 1. The van der Waals surface area contributed by atoms with Crippen molar-refractivity contribution in [3.63, 3.8) is 0 Å². The van der Waals surface area contributed by atoms with E-state index >= 15 is 0 Å². The van der Waals surface area contributed by atoms with E-state index in [-0.39, 0.29) is 30.3 Å². The van der Waals surface area contributed by atoms with Gasteiger partial charge in [-0.3, -0.25) is 9.59 Å². The lowest BCUT2D eigenvalue weighted by Gasteiger charge is -2.17. The zero-order valence-electron chi connectivity index (χ0n) is 16.7. The van der Waals surface area contributed by atoms with Gasteiger partial charge in [-0.15, -0.1) is 0 Å². The summed E-state index contributed by atoms with van der Waals surface area (Å²) in [5, 5.41) is 2.96. The molecule has 0 spiro atoms. The molecule has 0 aliphatic heterocycles. The molecule has 4 nitrogen and oxygen atoms in total. The molecule has 1 N–H and O–H groups in total. The molecular formula is C23H27NO3. The molecule has 0 radical (unpaired) electrons. The van der Waals surface area contributed by atoms with Gasteiger partial charge in [-0.05, 0) is 67.5 Å². The number of hydrogen-bond donors (Lipinski definition) is 1. The van der Waals surface area contributed by atoms with Gasteiger partial charge in [0.15, 0.2) is 12.4 Å². The monoisotopic (exact) mass is 365 g/mol. The Balaban J connectivity index is 1.66. The SMILES string of the molecule is Cc1ccc([C@H](C)NC(=O)COc2ccc(C)c3c2C(=O)C[C@@H]3C)cc1C. The molecule has 0 aromatic heterocycles. The lowest BCUT2D eigenvalue weighted by Crippen LogP contribution is -2.31. The van der Waals surface area contributed by atoms with Gasteiger partial charge in [-0.2, -0.15) is 0 Å². The van der Waals surface area contributed by atoms with Crippen LogP contribution in [0.5, 0.6) is 5.75 Å². The number of ether oxygens (including phenoxy) is 1. The molecule has 1 aliphatic rings. The first-order valence-electron chi connectivity index (χ1n) is 9.44. The van der Waals surface area contributed by atoms with Crippen LogP contribution in [0.15, 0.2) is 30.3 Å². The summed E-state index contributed by atoms with van der Waals surface area (Å²) in [4.78, 5) is 24.7. The van der Waals surface area contributed by atoms with Crippen molar-refractivity contribution in [2.45, 2.75) is 53.0 Å². The quantitative estimate of drug-likeness (QED) is 0.845. The molecule has 1 amide bonds. The summed E-state index contributed by atoms with van der Waals surface area (Å²) in [6, 6.07) is 9.83. The highest BCUT2D eigenvalue weighted by molar-refractivity contribution is 6.04. The predicted octanol–water partition coefficient (Wildman–Crippen LogP) is 4.56. The Kier molecular flexibility index (Phi) is 5.36. The highest BCUT2D eigenvalue weighted by Gasteiger charge is 2.31. The molecule has 4 heteroatoms. The van der Waals surface area contributed by atoms with E-state index < -0.39 is 0 Å². The van der Waals surface area contributed by atoms with E-state index in [0.717, 1.165) is 16.7 Å². The fourth-order valence-corrected chi connectivity index (χ4v) is 3.77. The van der Waals surface area contributed by atoms with Crippen LogP contribution in [0.2, 0.25) is 0 Å². The number of amides is 1. The van der Waals surface area contributed by atoms with E-state index in [2.05, 4.69) is 38.2 Å². The van der Waals surface area contributed by atoms with E-state index in [1.165, 1.54) is 11.1 Å². The highest BCUT2D eigenvalue weighted by Crippen LogP contribution is 2.40. The Morgan fingerprint density at radius 1 is 1.15 bits per heavy atom. The van der Waals surface area contributed by atoms with Crippen LogP contribution in [-0.4, -0.2) is 18.3 Å². The van der Waals surface area contributed by atoms with E-state index in [4.69, 9.17) is 4.74 Å². The summed E-state index contributed by atoms with van der Waals surface area (Å²) in [5.74, 6) is 0.613. The summed E-state index contributed by atoms with van der Waals surface area (Å²) in [5.41, 5.74) is 6.30. The van der Waals surface area contributed by atoms with E-state index in [0.29, 0.717) is 17.7 Å². The second kappa shape index (κ2) is 7.55. The van der Waals surface area contributed by atoms with Crippen LogP contribution in [-0.2, 0) is 4.79 Å². The molecule has 142 valence electrons. The molecule has 27 heavy (non-hydrogen) atoms. The number of hydrogen-bond acceptors (Lipinski definition) is 3. The van der Waals surface area contributed by atoms with E-state index in [1.54, 1.807) is 6.07 Å². The average molecular weight is 365 g/mol. The van der Waals surface area contributed by atoms with Gasteiger partial charge in [0.2, 0.25) is 0 Å². The predicted molar refractivity (Wildman–Crippen MR) is 107 cm³/mol. The zero-order valence-corrected chi connectivity index (χ0v) is 16.7. The molecule has 2 aromatic carbocycles.